The molecule has 4 rings (SSSR count). The molecule has 10 heteroatoms. The quantitative estimate of drug-likeness (QED) is 0.668. The predicted octanol–water partition coefficient (Wildman–Crippen LogP) is 3.85. The van der Waals surface area contributed by atoms with Crippen molar-refractivity contribution in [1.82, 2.24) is 24.8 Å². The van der Waals surface area contributed by atoms with Crippen LogP contribution in [-0.4, -0.2) is 57.2 Å². The molecular formula is C19H20ClFN6O2. The Morgan fingerprint density at radius 2 is 2.28 bits per heavy atom. The fraction of sp³-hybridized carbons (Fsp3) is 0.368. The Bertz CT molecular complexity index is 1040. The molecule has 1 saturated heterocycles. The lowest BCUT2D eigenvalue weighted by molar-refractivity contribution is 0.0928. The van der Waals surface area contributed by atoms with Crippen LogP contribution in [0, 0.1) is 5.82 Å². The number of halogens is 2. The van der Waals surface area contributed by atoms with E-state index < -0.39 is 5.82 Å². The van der Waals surface area contributed by atoms with Crippen LogP contribution in [0.2, 0.25) is 5.02 Å². The first-order chi connectivity index (χ1) is 14.1. The maximum atomic E-state index is 14.3. The van der Waals surface area contributed by atoms with E-state index in [9.17, 15) is 9.18 Å². The number of pyridine rings is 1. The van der Waals surface area contributed by atoms with Crippen LogP contribution in [0.3, 0.4) is 0 Å². The molecule has 0 saturated carbocycles. The summed E-state index contributed by atoms with van der Waals surface area (Å²) in [5.74, 6) is -0.141. The molecule has 3 aromatic heterocycles. The zero-order chi connectivity index (χ0) is 20.4. The van der Waals surface area contributed by atoms with E-state index in [2.05, 4.69) is 25.3 Å². The third kappa shape index (κ3) is 3.95. The second-order valence-corrected chi connectivity index (χ2v) is 7.27. The minimum Gasteiger partial charge on any atom is -0.453 e. The number of hydrogen-bond donors (Lipinski definition) is 2. The molecule has 2 N–H and O–H groups in total. The highest BCUT2D eigenvalue weighted by molar-refractivity contribution is 6.31. The molecule has 3 aromatic rings. The van der Waals surface area contributed by atoms with Gasteiger partial charge in [0.2, 0.25) is 0 Å². The molecule has 0 radical (unpaired) electrons. The molecule has 0 spiro atoms. The van der Waals surface area contributed by atoms with Crippen molar-refractivity contribution in [2.75, 3.05) is 25.5 Å². The van der Waals surface area contributed by atoms with Crippen LogP contribution in [0.1, 0.15) is 19.3 Å². The fourth-order valence-electron chi connectivity index (χ4n) is 3.57. The Kier molecular flexibility index (Phi) is 5.48. The van der Waals surface area contributed by atoms with Gasteiger partial charge in [-0.1, -0.05) is 11.6 Å². The summed E-state index contributed by atoms with van der Waals surface area (Å²) in [7, 11) is 1.36. The number of nitrogens with zero attached hydrogens (tertiary/aromatic N) is 4. The van der Waals surface area contributed by atoms with Crippen molar-refractivity contribution in [3.8, 4) is 11.4 Å². The highest BCUT2D eigenvalue weighted by Gasteiger charge is 2.27. The summed E-state index contributed by atoms with van der Waals surface area (Å²) in [6.45, 7) is 0.989. The summed E-state index contributed by atoms with van der Waals surface area (Å²) >= 11 is 6.05. The number of piperidine rings is 1. The SMILES string of the molecule is COC(=O)N1CCCC[C@@H]1CNc1nc(-c2c[nH]c3ncc(Cl)cc23)ncc1F. The summed E-state index contributed by atoms with van der Waals surface area (Å²) < 4.78 is 19.2. The molecular weight excluding hydrogens is 399 g/mol. The minimum absolute atomic E-state index is 0.0785. The van der Waals surface area contributed by atoms with Gasteiger partial charge in [-0.15, -0.1) is 0 Å². The molecule has 1 atom stereocenters. The van der Waals surface area contributed by atoms with Gasteiger partial charge in [-0.2, -0.15) is 0 Å². The number of anilines is 1. The second-order valence-electron chi connectivity index (χ2n) is 6.84. The van der Waals surface area contributed by atoms with E-state index in [0.29, 0.717) is 35.1 Å². The average Bonchev–Trinajstić information content (AvgIpc) is 3.16. The normalized spacial score (nSPS) is 16.8. The van der Waals surface area contributed by atoms with E-state index >= 15 is 0 Å². The number of rotatable bonds is 4. The summed E-state index contributed by atoms with van der Waals surface area (Å²) in [6, 6.07) is 1.66. The molecule has 1 aliphatic heterocycles. The van der Waals surface area contributed by atoms with Crippen molar-refractivity contribution < 1.29 is 13.9 Å². The molecule has 8 nitrogen and oxygen atoms in total. The Hall–Kier alpha value is -2.94. The number of nitrogens with one attached hydrogen (secondary N) is 2. The van der Waals surface area contributed by atoms with Gasteiger partial charge in [0.1, 0.15) is 5.65 Å². The van der Waals surface area contributed by atoms with Crippen LogP contribution in [0.4, 0.5) is 15.0 Å². The number of methoxy groups -OCH3 is 1. The van der Waals surface area contributed by atoms with Crippen molar-refractivity contribution in [2.45, 2.75) is 25.3 Å². The van der Waals surface area contributed by atoms with E-state index in [1.165, 1.54) is 7.11 Å². The van der Waals surface area contributed by atoms with Gasteiger partial charge in [-0.05, 0) is 25.3 Å². The van der Waals surface area contributed by atoms with E-state index in [-0.39, 0.29) is 18.0 Å². The number of ether oxygens (including phenoxy) is 1. The lowest BCUT2D eigenvalue weighted by Gasteiger charge is -2.34. The first-order valence-electron chi connectivity index (χ1n) is 9.31. The van der Waals surface area contributed by atoms with Gasteiger partial charge < -0.3 is 19.9 Å². The van der Waals surface area contributed by atoms with Crippen LogP contribution in [0.25, 0.3) is 22.4 Å². The van der Waals surface area contributed by atoms with E-state index in [0.717, 1.165) is 30.8 Å². The van der Waals surface area contributed by atoms with Crippen molar-refractivity contribution >= 4 is 34.5 Å². The van der Waals surface area contributed by atoms with Gasteiger partial charge in [0.25, 0.3) is 0 Å². The number of aromatic amines is 1. The van der Waals surface area contributed by atoms with Gasteiger partial charge in [0, 0.05) is 36.4 Å². The predicted molar refractivity (Wildman–Crippen MR) is 107 cm³/mol. The molecule has 0 aliphatic carbocycles. The van der Waals surface area contributed by atoms with Crippen LogP contribution < -0.4 is 5.32 Å². The maximum absolute atomic E-state index is 14.3. The van der Waals surface area contributed by atoms with E-state index in [4.69, 9.17) is 16.3 Å². The number of H-pyrrole nitrogens is 1. The van der Waals surface area contributed by atoms with E-state index in [1.54, 1.807) is 23.4 Å². The molecule has 1 aliphatic rings. The first-order valence-corrected chi connectivity index (χ1v) is 9.68. The van der Waals surface area contributed by atoms with Crippen molar-refractivity contribution in [3.63, 3.8) is 0 Å². The fourth-order valence-corrected chi connectivity index (χ4v) is 3.73. The number of likely N-dealkylation sites (tertiary alicyclic amines) is 1. The summed E-state index contributed by atoms with van der Waals surface area (Å²) in [5, 5.41) is 4.26. The maximum Gasteiger partial charge on any atom is 0.409 e. The largest absolute Gasteiger partial charge is 0.453 e. The highest BCUT2D eigenvalue weighted by atomic mass is 35.5. The molecule has 0 bridgehead atoms. The molecule has 0 unspecified atom stereocenters. The molecule has 1 amide bonds. The number of carbonyl (C=O) groups excluding carboxylic acids is 1. The molecule has 152 valence electrons. The minimum atomic E-state index is -0.565. The first kappa shape index (κ1) is 19.4. The Morgan fingerprint density at radius 1 is 1.41 bits per heavy atom. The zero-order valence-electron chi connectivity index (χ0n) is 15.8. The Morgan fingerprint density at radius 3 is 3.10 bits per heavy atom. The number of fused-ring (bicyclic) bond motifs is 1. The van der Waals surface area contributed by atoms with Crippen molar-refractivity contribution in [2.24, 2.45) is 0 Å². The van der Waals surface area contributed by atoms with Crippen molar-refractivity contribution in [3.05, 3.63) is 35.5 Å². The molecule has 1 fully saturated rings. The molecule has 0 aromatic carbocycles. The van der Waals surface area contributed by atoms with Gasteiger partial charge >= 0.3 is 6.09 Å². The second kappa shape index (κ2) is 8.20. The topological polar surface area (TPSA) is 96.0 Å². The lowest BCUT2D eigenvalue weighted by Crippen LogP contribution is -2.47. The summed E-state index contributed by atoms with van der Waals surface area (Å²) in [4.78, 5) is 29.4. The summed E-state index contributed by atoms with van der Waals surface area (Å²) in [6.07, 6.45) is 6.75. The van der Waals surface area contributed by atoms with Gasteiger partial charge in [0.05, 0.1) is 24.4 Å². The Labute approximate surface area is 171 Å². The average molecular weight is 419 g/mol. The van der Waals surface area contributed by atoms with E-state index in [1.807, 2.05) is 0 Å². The Balaban J connectivity index is 1.57. The third-order valence-corrected chi connectivity index (χ3v) is 5.23. The number of carbonyl (C=O) groups is 1. The number of aromatic nitrogens is 4. The third-order valence-electron chi connectivity index (χ3n) is 5.02. The van der Waals surface area contributed by atoms with Gasteiger partial charge in [0.15, 0.2) is 17.5 Å². The molecule has 4 heterocycles. The monoisotopic (exact) mass is 418 g/mol. The smallest absolute Gasteiger partial charge is 0.409 e. The summed E-state index contributed by atoms with van der Waals surface area (Å²) in [5.41, 5.74) is 1.31. The van der Waals surface area contributed by atoms with Crippen LogP contribution in [0.15, 0.2) is 24.7 Å². The van der Waals surface area contributed by atoms with Crippen LogP contribution in [-0.2, 0) is 4.74 Å². The lowest BCUT2D eigenvalue weighted by atomic mass is 10.0. The van der Waals surface area contributed by atoms with Gasteiger partial charge in [-0.25, -0.2) is 24.1 Å². The van der Waals surface area contributed by atoms with Gasteiger partial charge in [-0.3, -0.25) is 0 Å². The van der Waals surface area contributed by atoms with Crippen LogP contribution in [0.5, 0.6) is 0 Å². The number of hydrogen-bond acceptors (Lipinski definition) is 6. The standard InChI is InChI=1S/C19H20ClFN6O2/c1-29-19(28)27-5-3-2-4-12(27)8-23-18-15(21)10-25-17(26-18)14-9-24-16-13(14)6-11(20)7-22-16/h6-7,9-10,12H,2-5,8H2,1H3,(H,22,24)(H,23,25,26)/t12-/m1/s1. The highest BCUT2D eigenvalue weighted by Crippen LogP contribution is 2.28. The van der Waals surface area contributed by atoms with Crippen molar-refractivity contribution in [1.29, 1.82) is 0 Å². The van der Waals surface area contributed by atoms with Crippen LogP contribution >= 0.6 is 11.6 Å². The molecule has 29 heavy (non-hydrogen) atoms. The number of amides is 1. The zero-order valence-corrected chi connectivity index (χ0v) is 16.5.